The van der Waals surface area contributed by atoms with Crippen LogP contribution in [0.1, 0.15) is 21.9 Å². The van der Waals surface area contributed by atoms with Gasteiger partial charge in [0.1, 0.15) is 0 Å². The van der Waals surface area contributed by atoms with Crippen LogP contribution in [0.5, 0.6) is 0 Å². The minimum atomic E-state index is 0.455. The van der Waals surface area contributed by atoms with Gasteiger partial charge in [0, 0.05) is 33.6 Å². The second-order valence-electron chi connectivity index (χ2n) is 5.21. The van der Waals surface area contributed by atoms with Gasteiger partial charge in [0.05, 0.1) is 0 Å². The first-order valence-electron chi connectivity index (χ1n) is 6.79. The summed E-state index contributed by atoms with van der Waals surface area (Å²) in [5.74, 6) is 0.455. The third kappa shape index (κ3) is 2.05. The van der Waals surface area contributed by atoms with Crippen LogP contribution in [0.4, 0.5) is 0 Å². The fourth-order valence-corrected chi connectivity index (χ4v) is 4.41. The predicted octanol–water partition coefficient (Wildman–Crippen LogP) is 4.79. The molecule has 1 aromatic heterocycles. The summed E-state index contributed by atoms with van der Waals surface area (Å²) in [6.07, 6.45) is 0. The first-order valence-corrected chi connectivity index (χ1v) is 7.98. The Morgan fingerprint density at radius 3 is 2.95 bits per heavy atom. The summed E-state index contributed by atoms with van der Waals surface area (Å²) in [5, 5.41) is 5.63. The SMILES string of the molecule is Clc1ccc2cc(C3CNCc4ccccc43)sc2c1. The molecule has 1 N–H and O–H groups in total. The number of rotatable bonds is 1. The summed E-state index contributed by atoms with van der Waals surface area (Å²) in [6, 6.07) is 17.2. The van der Waals surface area contributed by atoms with E-state index in [9.17, 15) is 0 Å². The first kappa shape index (κ1) is 12.4. The molecular weight excluding hydrogens is 286 g/mol. The second-order valence-corrected chi connectivity index (χ2v) is 6.77. The molecule has 20 heavy (non-hydrogen) atoms. The molecule has 0 saturated carbocycles. The van der Waals surface area contributed by atoms with E-state index in [4.69, 9.17) is 11.6 Å². The molecule has 0 radical (unpaired) electrons. The molecule has 1 nitrogen and oxygen atoms in total. The molecule has 0 amide bonds. The molecule has 0 bridgehead atoms. The normalized spacial score (nSPS) is 18.1. The molecule has 0 aliphatic carbocycles. The Labute approximate surface area is 127 Å². The van der Waals surface area contributed by atoms with Crippen molar-refractivity contribution in [2.24, 2.45) is 0 Å². The Morgan fingerprint density at radius 2 is 2.00 bits per heavy atom. The van der Waals surface area contributed by atoms with Gasteiger partial charge >= 0.3 is 0 Å². The average molecular weight is 300 g/mol. The molecule has 1 unspecified atom stereocenters. The number of thiophene rings is 1. The largest absolute Gasteiger partial charge is 0.312 e. The van der Waals surface area contributed by atoms with Gasteiger partial charge in [0.15, 0.2) is 0 Å². The lowest BCUT2D eigenvalue weighted by Crippen LogP contribution is -2.28. The zero-order valence-electron chi connectivity index (χ0n) is 10.9. The van der Waals surface area contributed by atoms with Gasteiger partial charge in [-0.15, -0.1) is 11.3 Å². The van der Waals surface area contributed by atoms with Gasteiger partial charge in [-0.05, 0) is 34.7 Å². The fourth-order valence-electron chi connectivity index (χ4n) is 2.95. The zero-order chi connectivity index (χ0) is 13.5. The number of fused-ring (bicyclic) bond motifs is 2. The van der Waals surface area contributed by atoms with Crippen LogP contribution in [0.25, 0.3) is 10.1 Å². The van der Waals surface area contributed by atoms with Crippen molar-refractivity contribution >= 4 is 33.0 Å². The maximum absolute atomic E-state index is 6.09. The van der Waals surface area contributed by atoms with Crippen molar-refractivity contribution in [3.8, 4) is 0 Å². The third-order valence-electron chi connectivity index (χ3n) is 3.94. The molecular formula is C17H14ClNS. The molecule has 2 heterocycles. The minimum absolute atomic E-state index is 0.455. The van der Waals surface area contributed by atoms with Gasteiger partial charge in [-0.3, -0.25) is 0 Å². The van der Waals surface area contributed by atoms with Crippen LogP contribution >= 0.6 is 22.9 Å². The van der Waals surface area contributed by atoms with E-state index >= 15 is 0 Å². The predicted molar refractivity (Wildman–Crippen MR) is 86.8 cm³/mol. The van der Waals surface area contributed by atoms with Crippen molar-refractivity contribution in [3.63, 3.8) is 0 Å². The van der Waals surface area contributed by atoms with E-state index in [0.717, 1.165) is 18.1 Å². The van der Waals surface area contributed by atoms with E-state index in [2.05, 4.69) is 47.8 Å². The monoisotopic (exact) mass is 299 g/mol. The maximum Gasteiger partial charge on any atom is 0.0420 e. The minimum Gasteiger partial charge on any atom is -0.312 e. The second kappa shape index (κ2) is 4.88. The van der Waals surface area contributed by atoms with E-state index in [1.807, 2.05) is 17.4 Å². The van der Waals surface area contributed by atoms with Gasteiger partial charge in [-0.2, -0.15) is 0 Å². The van der Waals surface area contributed by atoms with Gasteiger partial charge < -0.3 is 5.32 Å². The summed E-state index contributed by atoms with van der Waals surface area (Å²) >= 11 is 7.95. The molecule has 1 atom stereocenters. The van der Waals surface area contributed by atoms with Gasteiger partial charge in [-0.1, -0.05) is 41.9 Å². The standard InChI is InChI=1S/C17H14ClNS/c18-13-6-5-11-7-17(20-16(11)8-13)15-10-19-9-12-3-1-2-4-14(12)15/h1-8,15,19H,9-10H2. The van der Waals surface area contributed by atoms with Crippen molar-refractivity contribution < 1.29 is 0 Å². The van der Waals surface area contributed by atoms with Gasteiger partial charge in [0.2, 0.25) is 0 Å². The molecule has 0 spiro atoms. The average Bonchev–Trinajstić information content (AvgIpc) is 2.89. The van der Waals surface area contributed by atoms with Crippen LogP contribution in [0.15, 0.2) is 48.5 Å². The highest BCUT2D eigenvalue weighted by atomic mass is 35.5. The fraction of sp³-hybridized carbons (Fsp3) is 0.176. The lowest BCUT2D eigenvalue weighted by atomic mass is 9.89. The van der Waals surface area contributed by atoms with Crippen LogP contribution in [-0.2, 0) is 6.54 Å². The van der Waals surface area contributed by atoms with Crippen molar-refractivity contribution in [1.82, 2.24) is 5.32 Å². The van der Waals surface area contributed by atoms with E-state index in [-0.39, 0.29) is 0 Å². The summed E-state index contributed by atoms with van der Waals surface area (Å²) in [5.41, 5.74) is 2.88. The van der Waals surface area contributed by atoms with Crippen LogP contribution in [0.3, 0.4) is 0 Å². The highest BCUT2D eigenvalue weighted by Crippen LogP contribution is 2.37. The van der Waals surface area contributed by atoms with E-state index in [0.29, 0.717) is 5.92 Å². The van der Waals surface area contributed by atoms with Crippen molar-refractivity contribution in [2.45, 2.75) is 12.5 Å². The van der Waals surface area contributed by atoms with Crippen molar-refractivity contribution in [2.75, 3.05) is 6.54 Å². The van der Waals surface area contributed by atoms with Crippen molar-refractivity contribution in [3.05, 3.63) is 69.6 Å². The number of nitrogens with one attached hydrogen (secondary N) is 1. The van der Waals surface area contributed by atoms with E-state index in [1.165, 1.54) is 26.1 Å². The number of hydrogen-bond donors (Lipinski definition) is 1. The van der Waals surface area contributed by atoms with Crippen LogP contribution < -0.4 is 5.32 Å². The topological polar surface area (TPSA) is 12.0 Å². The van der Waals surface area contributed by atoms with Crippen LogP contribution in [-0.4, -0.2) is 6.54 Å². The summed E-state index contributed by atoms with van der Waals surface area (Å²) in [7, 11) is 0. The Hall–Kier alpha value is -1.35. The Bertz CT molecular complexity index is 778. The van der Waals surface area contributed by atoms with Crippen LogP contribution in [0.2, 0.25) is 5.02 Å². The molecule has 0 saturated heterocycles. The van der Waals surface area contributed by atoms with E-state index in [1.54, 1.807) is 0 Å². The van der Waals surface area contributed by atoms with Crippen molar-refractivity contribution in [1.29, 1.82) is 0 Å². The summed E-state index contributed by atoms with van der Waals surface area (Å²) in [4.78, 5) is 1.42. The third-order valence-corrected chi connectivity index (χ3v) is 5.39. The lowest BCUT2D eigenvalue weighted by molar-refractivity contribution is 0.596. The smallest absolute Gasteiger partial charge is 0.0420 e. The lowest BCUT2D eigenvalue weighted by Gasteiger charge is -2.25. The highest BCUT2D eigenvalue weighted by Gasteiger charge is 2.22. The zero-order valence-corrected chi connectivity index (χ0v) is 12.5. The Morgan fingerprint density at radius 1 is 1.10 bits per heavy atom. The number of benzene rings is 2. The molecule has 4 rings (SSSR count). The van der Waals surface area contributed by atoms with E-state index < -0.39 is 0 Å². The molecule has 2 aromatic carbocycles. The molecule has 100 valence electrons. The molecule has 1 aliphatic rings. The van der Waals surface area contributed by atoms with Crippen LogP contribution in [0, 0.1) is 0 Å². The van der Waals surface area contributed by atoms with Gasteiger partial charge in [0.25, 0.3) is 0 Å². The highest BCUT2D eigenvalue weighted by molar-refractivity contribution is 7.19. The molecule has 3 aromatic rings. The summed E-state index contributed by atoms with van der Waals surface area (Å²) < 4.78 is 1.27. The first-order chi connectivity index (χ1) is 9.81. The molecule has 0 fully saturated rings. The maximum atomic E-state index is 6.09. The number of halogens is 1. The molecule has 3 heteroatoms. The Balaban J connectivity index is 1.84. The number of hydrogen-bond acceptors (Lipinski definition) is 2. The summed E-state index contributed by atoms with van der Waals surface area (Å²) in [6.45, 7) is 1.99. The van der Waals surface area contributed by atoms with Gasteiger partial charge in [-0.25, -0.2) is 0 Å². The molecule has 1 aliphatic heterocycles. The Kier molecular flexibility index (Phi) is 3.03. The quantitative estimate of drug-likeness (QED) is 0.681.